The van der Waals surface area contributed by atoms with Crippen LogP contribution in [0.4, 0.5) is 13.2 Å². The molecule has 0 aliphatic carbocycles. The van der Waals surface area contributed by atoms with E-state index < -0.39 is 18.1 Å². The van der Waals surface area contributed by atoms with Gasteiger partial charge >= 0.3 is 12.3 Å². The number of aromatic nitrogens is 2. The highest BCUT2D eigenvalue weighted by Gasteiger charge is 2.20. The van der Waals surface area contributed by atoms with E-state index >= 15 is 0 Å². The monoisotopic (exact) mass is 380 g/mol. The summed E-state index contributed by atoms with van der Waals surface area (Å²) in [4.78, 5) is 23.5. The van der Waals surface area contributed by atoms with Crippen LogP contribution in [-0.4, -0.2) is 22.2 Å². The van der Waals surface area contributed by atoms with Crippen LogP contribution >= 0.6 is 0 Å². The van der Waals surface area contributed by atoms with Crippen LogP contribution in [0.2, 0.25) is 0 Å². The number of ether oxygens (including phenoxy) is 2. The highest BCUT2D eigenvalue weighted by atomic mass is 19.3. The van der Waals surface area contributed by atoms with Crippen molar-refractivity contribution in [2.45, 2.75) is 26.5 Å². The molecular formula is C18H15F3N2O4. The molecule has 1 aromatic heterocycles. The summed E-state index contributed by atoms with van der Waals surface area (Å²) in [5, 5.41) is 0. The zero-order valence-corrected chi connectivity index (χ0v) is 14.4. The SMILES string of the molecule is CC(C)n1c(=O)n(-c2cccc(OC(F)F)c2)c2cc(F)c(OC=O)cc21. The van der Waals surface area contributed by atoms with Gasteiger partial charge in [0.25, 0.3) is 6.47 Å². The van der Waals surface area contributed by atoms with Crippen molar-refractivity contribution in [3.63, 3.8) is 0 Å². The van der Waals surface area contributed by atoms with Gasteiger partial charge in [-0.05, 0) is 26.0 Å². The van der Waals surface area contributed by atoms with E-state index in [2.05, 4.69) is 9.47 Å². The average molecular weight is 380 g/mol. The summed E-state index contributed by atoms with van der Waals surface area (Å²) in [6.45, 7) is 0.579. The van der Waals surface area contributed by atoms with Crippen molar-refractivity contribution in [2.75, 3.05) is 0 Å². The van der Waals surface area contributed by atoms with E-state index in [0.29, 0.717) is 5.52 Å². The Morgan fingerprint density at radius 1 is 1.11 bits per heavy atom. The van der Waals surface area contributed by atoms with Crippen LogP contribution in [0.15, 0.2) is 41.2 Å². The van der Waals surface area contributed by atoms with E-state index in [-0.39, 0.29) is 35.2 Å². The Morgan fingerprint density at radius 3 is 2.48 bits per heavy atom. The minimum absolute atomic E-state index is 0.0875. The molecular weight excluding hydrogens is 365 g/mol. The fourth-order valence-electron chi connectivity index (χ4n) is 2.91. The molecule has 3 rings (SSSR count). The van der Waals surface area contributed by atoms with Gasteiger partial charge in [0.05, 0.1) is 16.7 Å². The largest absolute Gasteiger partial charge is 0.435 e. The van der Waals surface area contributed by atoms with Crippen LogP contribution < -0.4 is 15.2 Å². The molecule has 0 saturated carbocycles. The zero-order chi connectivity index (χ0) is 19.7. The maximum atomic E-state index is 14.3. The molecule has 0 atom stereocenters. The van der Waals surface area contributed by atoms with Crippen molar-refractivity contribution in [1.29, 1.82) is 0 Å². The van der Waals surface area contributed by atoms with Crippen LogP contribution in [0.3, 0.4) is 0 Å². The summed E-state index contributed by atoms with van der Waals surface area (Å²) in [5.41, 5.74) is 0.245. The number of halogens is 3. The first-order chi connectivity index (χ1) is 12.8. The summed E-state index contributed by atoms with van der Waals surface area (Å²) in [6, 6.07) is 7.53. The van der Waals surface area contributed by atoms with Gasteiger partial charge in [0.1, 0.15) is 5.75 Å². The quantitative estimate of drug-likeness (QED) is 0.613. The molecule has 0 bridgehead atoms. The first-order valence-corrected chi connectivity index (χ1v) is 7.95. The fourth-order valence-corrected chi connectivity index (χ4v) is 2.91. The minimum Gasteiger partial charge on any atom is -0.435 e. The summed E-state index contributed by atoms with van der Waals surface area (Å²) in [7, 11) is 0. The van der Waals surface area contributed by atoms with E-state index in [0.717, 1.165) is 6.07 Å². The maximum Gasteiger partial charge on any atom is 0.387 e. The Hall–Kier alpha value is -3.23. The Bertz CT molecular complexity index is 1060. The lowest BCUT2D eigenvalue weighted by Crippen LogP contribution is -2.24. The summed E-state index contributed by atoms with van der Waals surface area (Å²) in [5.74, 6) is -1.30. The summed E-state index contributed by atoms with van der Waals surface area (Å²) in [6.07, 6.45) is 0. The highest BCUT2D eigenvalue weighted by molar-refractivity contribution is 5.80. The molecule has 0 saturated heterocycles. The van der Waals surface area contributed by atoms with Gasteiger partial charge in [0.2, 0.25) is 0 Å². The smallest absolute Gasteiger partial charge is 0.387 e. The Morgan fingerprint density at radius 2 is 1.85 bits per heavy atom. The first-order valence-electron chi connectivity index (χ1n) is 7.95. The van der Waals surface area contributed by atoms with Crippen LogP contribution in [0, 0.1) is 5.82 Å². The van der Waals surface area contributed by atoms with Crippen molar-refractivity contribution in [2.24, 2.45) is 0 Å². The van der Waals surface area contributed by atoms with Crippen molar-refractivity contribution in [3.8, 4) is 17.2 Å². The predicted octanol–water partition coefficient (Wildman–Crippen LogP) is 3.65. The lowest BCUT2D eigenvalue weighted by Gasteiger charge is -2.08. The molecule has 2 aromatic carbocycles. The number of carbonyl (C=O) groups excluding carboxylic acids is 1. The zero-order valence-electron chi connectivity index (χ0n) is 14.4. The number of fused-ring (bicyclic) bond motifs is 1. The topological polar surface area (TPSA) is 62.5 Å². The van der Waals surface area contributed by atoms with Crippen molar-refractivity contribution >= 4 is 17.5 Å². The number of hydrogen-bond donors (Lipinski definition) is 0. The van der Waals surface area contributed by atoms with E-state index in [4.69, 9.17) is 0 Å². The molecule has 9 heteroatoms. The van der Waals surface area contributed by atoms with Crippen molar-refractivity contribution in [1.82, 2.24) is 9.13 Å². The number of alkyl halides is 2. The normalized spacial score (nSPS) is 11.4. The molecule has 0 unspecified atom stereocenters. The van der Waals surface area contributed by atoms with E-state index in [9.17, 15) is 22.8 Å². The van der Waals surface area contributed by atoms with Crippen molar-refractivity contribution in [3.05, 3.63) is 52.7 Å². The van der Waals surface area contributed by atoms with Gasteiger partial charge in [0, 0.05) is 24.2 Å². The van der Waals surface area contributed by atoms with Gasteiger partial charge in [-0.3, -0.25) is 13.9 Å². The van der Waals surface area contributed by atoms with Gasteiger partial charge in [-0.25, -0.2) is 9.18 Å². The molecule has 27 heavy (non-hydrogen) atoms. The second-order valence-electron chi connectivity index (χ2n) is 5.94. The molecule has 0 spiro atoms. The molecule has 0 aliphatic rings. The number of hydrogen-bond acceptors (Lipinski definition) is 4. The molecule has 6 nitrogen and oxygen atoms in total. The lowest BCUT2D eigenvalue weighted by atomic mass is 10.2. The number of nitrogens with zero attached hydrogens (tertiary/aromatic N) is 2. The van der Waals surface area contributed by atoms with Crippen LogP contribution in [0.1, 0.15) is 19.9 Å². The van der Waals surface area contributed by atoms with E-state index in [1.807, 2.05) is 0 Å². The summed E-state index contributed by atoms with van der Waals surface area (Å²) >= 11 is 0. The van der Waals surface area contributed by atoms with Crippen LogP contribution in [0.5, 0.6) is 11.5 Å². The Kier molecular flexibility index (Phi) is 4.93. The number of carbonyl (C=O) groups is 1. The fraction of sp³-hybridized carbons (Fsp3) is 0.222. The maximum absolute atomic E-state index is 14.3. The third-order valence-electron chi connectivity index (χ3n) is 3.92. The standard InChI is InChI=1S/C18H15F3N2O4/c1-10(2)22-15-8-16(26-9-24)13(19)7-14(15)23(18(22)25)11-4-3-5-12(6-11)27-17(20)21/h3-10,17H,1-2H3. The van der Waals surface area contributed by atoms with Gasteiger partial charge in [-0.1, -0.05) is 6.07 Å². The molecule has 0 radical (unpaired) electrons. The number of benzene rings is 2. The Labute approximate surface area is 151 Å². The average Bonchev–Trinajstić information content (AvgIpc) is 2.86. The molecule has 142 valence electrons. The summed E-state index contributed by atoms with van der Waals surface area (Å²) < 4.78 is 50.8. The third kappa shape index (κ3) is 3.40. The van der Waals surface area contributed by atoms with E-state index in [1.165, 1.54) is 39.5 Å². The number of rotatable bonds is 6. The second kappa shape index (κ2) is 7.18. The molecule has 1 heterocycles. The third-order valence-corrected chi connectivity index (χ3v) is 3.92. The minimum atomic E-state index is -3.02. The molecule has 0 fully saturated rings. The van der Waals surface area contributed by atoms with Gasteiger partial charge < -0.3 is 9.47 Å². The van der Waals surface area contributed by atoms with Gasteiger partial charge in [-0.2, -0.15) is 8.78 Å². The lowest BCUT2D eigenvalue weighted by molar-refractivity contribution is -0.120. The Balaban J connectivity index is 2.30. The highest BCUT2D eigenvalue weighted by Crippen LogP contribution is 2.28. The van der Waals surface area contributed by atoms with Gasteiger partial charge in [0.15, 0.2) is 11.6 Å². The van der Waals surface area contributed by atoms with Gasteiger partial charge in [-0.15, -0.1) is 0 Å². The van der Waals surface area contributed by atoms with Crippen LogP contribution in [-0.2, 0) is 4.79 Å². The van der Waals surface area contributed by atoms with E-state index in [1.54, 1.807) is 13.8 Å². The second-order valence-corrected chi connectivity index (χ2v) is 5.94. The molecule has 0 amide bonds. The first kappa shape index (κ1) is 18.6. The van der Waals surface area contributed by atoms with Crippen molar-refractivity contribution < 1.29 is 27.4 Å². The molecule has 0 aliphatic heterocycles. The van der Waals surface area contributed by atoms with Crippen LogP contribution in [0.25, 0.3) is 16.7 Å². The number of imidazole rings is 1. The molecule has 3 aromatic rings. The predicted molar refractivity (Wildman–Crippen MR) is 91.2 cm³/mol. The molecule has 0 N–H and O–H groups in total.